The molecule has 1 fully saturated rings. The van der Waals surface area contributed by atoms with Crippen molar-refractivity contribution in [1.29, 1.82) is 0 Å². The first-order valence-corrected chi connectivity index (χ1v) is 6.61. The molecule has 17 heavy (non-hydrogen) atoms. The van der Waals surface area contributed by atoms with Gasteiger partial charge in [0.1, 0.15) is 5.75 Å². The van der Waals surface area contributed by atoms with E-state index in [1.54, 1.807) is 0 Å². The predicted molar refractivity (Wildman–Crippen MR) is 69.1 cm³/mol. The number of anilines is 1. The maximum atomic E-state index is 5.81. The normalized spacial score (nSPS) is 25.1. The summed E-state index contributed by atoms with van der Waals surface area (Å²) in [5, 5.41) is 0. The van der Waals surface area contributed by atoms with Crippen LogP contribution in [-0.4, -0.2) is 24.6 Å². The molecule has 2 heterocycles. The molecular weight excluding hydrogens is 212 g/mol. The van der Waals surface area contributed by atoms with Gasteiger partial charge in [-0.3, -0.25) is 4.90 Å². The maximum Gasteiger partial charge on any atom is 0.126 e. The molecule has 3 rings (SSSR count). The lowest BCUT2D eigenvalue weighted by molar-refractivity contribution is 0.119. The summed E-state index contributed by atoms with van der Waals surface area (Å²) >= 11 is 0. The van der Waals surface area contributed by atoms with E-state index in [1.807, 2.05) is 12.1 Å². The Labute approximate surface area is 103 Å². The molecule has 3 nitrogen and oxygen atoms in total. The van der Waals surface area contributed by atoms with E-state index in [2.05, 4.69) is 11.0 Å². The number of benzene rings is 1. The summed E-state index contributed by atoms with van der Waals surface area (Å²) in [6, 6.07) is 6.64. The lowest BCUT2D eigenvalue weighted by atomic mass is 9.96. The van der Waals surface area contributed by atoms with Crippen molar-refractivity contribution in [3.63, 3.8) is 0 Å². The molecule has 0 bridgehead atoms. The number of rotatable bonds is 1. The largest absolute Gasteiger partial charge is 0.493 e. The van der Waals surface area contributed by atoms with E-state index in [1.165, 1.54) is 37.9 Å². The Morgan fingerprint density at radius 2 is 2.00 bits per heavy atom. The number of nitrogen functional groups attached to an aromatic ring is 1. The number of hydrogen-bond donors (Lipinski definition) is 1. The SMILES string of the molecule is Nc1ccc2c(c1)OCCC2N1CCCCC1. The number of piperidine rings is 1. The first-order chi connectivity index (χ1) is 8.34. The number of fused-ring (bicyclic) bond motifs is 1. The van der Waals surface area contributed by atoms with Crippen LogP contribution in [0.3, 0.4) is 0 Å². The average molecular weight is 232 g/mol. The minimum atomic E-state index is 0.541. The van der Waals surface area contributed by atoms with Crippen molar-refractivity contribution in [2.45, 2.75) is 31.7 Å². The zero-order valence-corrected chi connectivity index (χ0v) is 10.2. The van der Waals surface area contributed by atoms with Crippen LogP contribution in [0.1, 0.15) is 37.3 Å². The van der Waals surface area contributed by atoms with Gasteiger partial charge in [-0.25, -0.2) is 0 Å². The van der Waals surface area contributed by atoms with Gasteiger partial charge in [-0.05, 0) is 32.0 Å². The smallest absolute Gasteiger partial charge is 0.126 e. The molecule has 1 saturated heterocycles. The number of ether oxygens (including phenoxy) is 1. The number of nitrogens with two attached hydrogens (primary N) is 1. The highest BCUT2D eigenvalue weighted by atomic mass is 16.5. The molecule has 2 aliphatic rings. The van der Waals surface area contributed by atoms with Crippen LogP contribution in [0.5, 0.6) is 5.75 Å². The zero-order chi connectivity index (χ0) is 11.7. The molecule has 1 aromatic rings. The molecular formula is C14H20N2O. The van der Waals surface area contributed by atoms with Crippen LogP contribution in [0.15, 0.2) is 18.2 Å². The number of hydrogen-bond acceptors (Lipinski definition) is 3. The molecule has 0 radical (unpaired) electrons. The lowest BCUT2D eigenvalue weighted by Crippen LogP contribution is -2.36. The Morgan fingerprint density at radius 1 is 1.18 bits per heavy atom. The van der Waals surface area contributed by atoms with E-state index in [-0.39, 0.29) is 0 Å². The Morgan fingerprint density at radius 3 is 2.82 bits per heavy atom. The summed E-state index contributed by atoms with van der Waals surface area (Å²) in [4.78, 5) is 2.61. The summed E-state index contributed by atoms with van der Waals surface area (Å²) in [6.45, 7) is 3.28. The van der Waals surface area contributed by atoms with Gasteiger partial charge in [0.2, 0.25) is 0 Å². The van der Waals surface area contributed by atoms with E-state index in [0.29, 0.717) is 6.04 Å². The predicted octanol–water partition coefficient (Wildman–Crippen LogP) is 2.58. The summed E-state index contributed by atoms with van der Waals surface area (Å²) in [6.07, 6.45) is 5.16. The summed E-state index contributed by atoms with van der Waals surface area (Å²) < 4.78 is 5.72. The van der Waals surface area contributed by atoms with E-state index in [0.717, 1.165) is 24.5 Å². The van der Waals surface area contributed by atoms with E-state index >= 15 is 0 Å². The van der Waals surface area contributed by atoms with Crippen LogP contribution < -0.4 is 10.5 Å². The molecule has 0 spiro atoms. The van der Waals surface area contributed by atoms with Gasteiger partial charge in [-0.2, -0.15) is 0 Å². The second-order valence-corrected chi connectivity index (χ2v) is 5.05. The Kier molecular flexibility index (Phi) is 2.93. The van der Waals surface area contributed by atoms with Gasteiger partial charge in [-0.1, -0.05) is 12.5 Å². The third-order valence-electron chi connectivity index (χ3n) is 3.88. The summed E-state index contributed by atoms with van der Waals surface area (Å²) in [5.41, 5.74) is 7.93. The van der Waals surface area contributed by atoms with Crippen LogP contribution in [0.25, 0.3) is 0 Å². The fraction of sp³-hybridized carbons (Fsp3) is 0.571. The van der Waals surface area contributed by atoms with Gasteiger partial charge in [0, 0.05) is 29.8 Å². The molecule has 0 aromatic heterocycles. The Bertz CT molecular complexity index is 399. The molecule has 1 unspecified atom stereocenters. The minimum Gasteiger partial charge on any atom is -0.493 e. The molecule has 0 amide bonds. The third-order valence-corrected chi connectivity index (χ3v) is 3.88. The van der Waals surface area contributed by atoms with Gasteiger partial charge >= 0.3 is 0 Å². The average Bonchev–Trinajstić information content (AvgIpc) is 2.39. The lowest BCUT2D eigenvalue weighted by Gasteiger charge is -2.37. The topological polar surface area (TPSA) is 38.5 Å². The molecule has 3 heteroatoms. The number of likely N-dealkylation sites (tertiary alicyclic amines) is 1. The number of nitrogens with zero attached hydrogens (tertiary/aromatic N) is 1. The van der Waals surface area contributed by atoms with Gasteiger partial charge < -0.3 is 10.5 Å². The van der Waals surface area contributed by atoms with Crippen molar-refractivity contribution in [2.75, 3.05) is 25.4 Å². The third kappa shape index (κ3) is 2.12. The summed E-state index contributed by atoms with van der Waals surface area (Å²) in [7, 11) is 0. The van der Waals surface area contributed by atoms with Crippen LogP contribution >= 0.6 is 0 Å². The van der Waals surface area contributed by atoms with Crippen molar-refractivity contribution in [2.24, 2.45) is 0 Å². The Balaban J connectivity index is 1.88. The monoisotopic (exact) mass is 232 g/mol. The first kappa shape index (κ1) is 10.9. The van der Waals surface area contributed by atoms with Gasteiger partial charge in [0.25, 0.3) is 0 Å². The highest BCUT2D eigenvalue weighted by molar-refractivity contribution is 5.50. The van der Waals surface area contributed by atoms with Crippen molar-refractivity contribution < 1.29 is 4.74 Å². The van der Waals surface area contributed by atoms with Gasteiger partial charge in [0.15, 0.2) is 0 Å². The second kappa shape index (κ2) is 4.57. The van der Waals surface area contributed by atoms with Crippen LogP contribution in [-0.2, 0) is 0 Å². The van der Waals surface area contributed by atoms with Crippen molar-refractivity contribution in [3.05, 3.63) is 23.8 Å². The summed E-state index contributed by atoms with van der Waals surface area (Å²) in [5.74, 6) is 0.992. The van der Waals surface area contributed by atoms with Gasteiger partial charge in [0.05, 0.1) is 6.61 Å². The maximum absolute atomic E-state index is 5.81. The molecule has 0 saturated carbocycles. The van der Waals surface area contributed by atoms with E-state index < -0.39 is 0 Å². The Hall–Kier alpha value is -1.22. The van der Waals surface area contributed by atoms with Crippen LogP contribution in [0.4, 0.5) is 5.69 Å². The van der Waals surface area contributed by atoms with Crippen molar-refractivity contribution >= 4 is 5.69 Å². The van der Waals surface area contributed by atoms with E-state index in [4.69, 9.17) is 10.5 Å². The fourth-order valence-electron chi connectivity index (χ4n) is 3.00. The van der Waals surface area contributed by atoms with Crippen LogP contribution in [0.2, 0.25) is 0 Å². The molecule has 2 aliphatic heterocycles. The van der Waals surface area contributed by atoms with Crippen LogP contribution in [0, 0.1) is 0 Å². The molecule has 1 aromatic carbocycles. The highest BCUT2D eigenvalue weighted by Crippen LogP contribution is 2.38. The quantitative estimate of drug-likeness (QED) is 0.756. The minimum absolute atomic E-state index is 0.541. The second-order valence-electron chi connectivity index (χ2n) is 5.05. The standard InChI is InChI=1S/C14H20N2O/c15-11-4-5-12-13(6-9-17-14(12)10-11)16-7-2-1-3-8-16/h4-5,10,13H,1-3,6-9,15H2. The first-order valence-electron chi connectivity index (χ1n) is 6.61. The van der Waals surface area contributed by atoms with Gasteiger partial charge in [-0.15, -0.1) is 0 Å². The molecule has 0 aliphatic carbocycles. The van der Waals surface area contributed by atoms with Crippen molar-refractivity contribution in [1.82, 2.24) is 4.90 Å². The molecule has 1 atom stereocenters. The molecule has 2 N–H and O–H groups in total. The zero-order valence-electron chi connectivity index (χ0n) is 10.2. The highest BCUT2D eigenvalue weighted by Gasteiger charge is 2.27. The van der Waals surface area contributed by atoms with Crippen molar-refractivity contribution in [3.8, 4) is 5.75 Å². The molecule has 92 valence electrons. The van der Waals surface area contributed by atoms with E-state index in [9.17, 15) is 0 Å². The fourth-order valence-corrected chi connectivity index (χ4v) is 3.00.